The van der Waals surface area contributed by atoms with Crippen LogP contribution < -0.4 is 10.6 Å². The number of pyridine rings is 1. The first-order chi connectivity index (χ1) is 17.5. The van der Waals surface area contributed by atoms with Crippen molar-refractivity contribution in [2.24, 2.45) is 0 Å². The molecule has 1 atom stereocenters. The van der Waals surface area contributed by atoms with E-state index < -0.39 is 10.8 Å². The average Bonchev–Trinajstić information content (AvgIpc) is 3.34. The number of H-pyrrole nitrogens is 1. The predicted octanol–water partition coefficient (Wildman–Crippen LogP) is 5.96. The first-order valence-electron chi connectivity index (χ1n) is 11.3. The molecule has 9 heteroatoms. The fraction of sp³-hybridized carbons (Fsp3) is 0.0741. The van der Waals surface area contributed by atoms with Crippen molar-refractivity contribution in [3.8, 4) is 11.4 Å². The van der Waals surface area contributed by atoms with E-state index in [1.807, 2.05) is 55.5 Å². The van der Waals surface area contributed by atoms with Crippen molar-refractivity contribution in [1.29, 1.82) is 0 Å². The van der Waals surface area contributed by atoms with E-state index in [4.69, 9.17) is 0 Å². The lowest BCUT2D eigenvalue weighted by Gasteiger charge is -2.15. The molecule has 5 aromatic rings. The number of nitro benzene ring substituents is 1. The Morgan fingerprint density at radius 2 is 1.83 bits per heavy atom. The summed E-state index contributed by atoms with van der Waals surface area (Å²) < 4.78 is 0. The third-order valence-corrected chi connectivity index (χ3v) is 5.74. The molecule has 0 saturated heterocycles. The Morgan fingerprint density at radius 1 is 1.00 bits per heavy atom. The number of nitrogens with one attached hydrogen (secondary N) is 3. The number of nitro groups is 1. The van der Waals surface area contributed by atoms with Gasteiger partial charge in [0.2, 0.25) is 0 Å². The number of imidazole rings is 1. The molecule has 36 heavy (non-hydrogen) atoms. The summed E-state index contributed by atoms with van der Waals surface area (Å²) in [6, 6.07) is 24.6. The Morgan fingerprint density at radius 3 is 2.61 bits per heavy atom. The van der Waals surface area contributed by atoms with Crippen LogP contribution in [0.5, 0.6) is 0 Å². The van der Waals surface area contributed by atoms with E-state index in [-0.39, 0.29) is 17.3 Å². The van der Waals surface area contributed by atoms with Gasteiger partial charge in [-0.05, 0) is 55.5 Å². The first kappa shape index (κ1) is 22.7. The van der Waals surface area contributed by atoms with Crippen molar-refractivity contribution < 1.29 is 9.72 Å². The topological polar surface area (TPSA) is 126 Å². The maximum atomic E-state index is 12.9. The molecule has 2 aromatic heterocycles. The van der Waals surface area contributed by atoms with Gasteiger partial charge in [-0.2, -0.15) is 0 Å². The summed E-state index contributed by atoms with van der Waals surface area (Å²) in [6.07, 6.45) is 1.67. The average molecular weight is 479 g/mol. The number of rotatable bonds is 7. The molecule has 5 rings (SSSR count). The normalized spacial score (nSPS) is 11.7. The fourth-order valence-corrected chi connectivity index (χ4v) is 3.92. The Labute approximate surface area is 206 Å². The van der Waals surface area contributed by atoms with Crippen molar-refractivity contribution in [2.45, 2.75) is 13.0 Å². The number of aromatic nitrogens is 3. The van der Waals surface area contributed by atoms with Gasteiger partial charge in [-0.1, -0.05) is 30.3 Å². The van der Waals surface area contributed by atoms with Crippen LogP contribution in [0, 0.1) is 10.1 Å². The van der Waals surface area contributed by atoms with Crippen molar-refractivity contribution >= 4 is 34.0 Å². The number of nitrogens with zero attached hydrogens (tertiary/aromatic N) is 3. The molecular formula is C27H22N6O3. The second-order valence-corrected chi connectivity index (χ2v) is 8.25. The molecule has 1 unspecified atom stereocenters. The minimum Gasteiger partial charge on any atom is -0.371 e. The van der Waals surface area contributed by atoms with Gasteiger partial charge in [0.15, 0.2) is 0 Å². The Kier molecular flexibility index (Phi) is 6.10. The molecule has 3 aromatic carbocycles. The van der Waals surface area contributed by atoms with Crippen LogP contribution >= 0.6 is 0 Å². The van der Waals surface area contributed by atoms with Crippen LogP contribution in [-0.4, -0.2) is 25.8 Å². The zero-order valence-electron chi connectivity index (χ0n) is 19.3. The zero-order valence-corrected chi connectivity index (χ0v) is 19.3. The van der Waals surface area contributed by atoms with E-state index in [0.717, 1.165) is 22.3 Å². The summed E-state index contributed by atoms with van der Waals surface area (Å²) in [5, 5.41) is 17.7. The second-order valence-electron chi connectivity index (χ2n) is 8.25. The highest BCUT2D eigenvalue weighted by Crippen LogP contribution is 2.30. The van der Waals surface area contributed by atoms with Gasteiger partial charge in [-0.3, -0.25) is 19.9 Å². The van der Waals surface area contributed by atoms with Crippen LogP contribution in [0.4, 0.5) is 17.1 Å². The van der Waals surface area contributed by atoms with E-state index in [0.29, 0.717) is 17.2 Å². The molecular weight excluding hydrogens is 456 g/mol. The highest BCUT2D eigenvalue weighted by atomic mass is 16.6. The Bertz CT molecular complexity index is 1530. The number of hydrogen-bond acceptors (Lipinski definition) is 6. The molecule has 0 saturated carbocycles. The fourth-order valence-electron chi connectivity index (χ4n) is 3.92. The Balaban J connectivity index is 1.36. The van der Waals surface area contributed by atoms with E-state index >= 15 is 0 Å². The van der Waals surface area contributed by atoms with Crippen molar-refractivity contribution in [3.63, 3.8) is 0 Å². The standard InChI is InChI=1S/C27H22N6O3/c1-17(21-9-4-5-14-28-21)29-24-13-12-19(16-25(24)33(35)36)27(34)30-20-8-6-7-18(15-20)26-31-22-10-2-3-11-23(22)32-26/h2-17,29H,1H3,(H,30,34)(H,31,32). The van der Waals surface area contributed by atoms with Gasteiger partial charge in [0, 0.05) is 29.1 Å². The molecule has 178 valence electrons. The van der Waals surface area contributed by atoms with Gasteiger partial charge in [0.05, 0.1) is 27.7 Å². The number of anilines is 2. The molecule has 0 radical (unpaired) electrons. The lowest BCUT2D eigenvalue weighted by atomic mass is 10.1. The predicted molar refractivity (Wildman–Crippen MR) is 139 cm³/mol. The number of aromatic amines is 1. The molecule has 0 aliphatic carbocycles. The van der Waals surface area contributed by atoms with Gasteiger partial charge in [-0.15, -0.1) is 0 Å². The van der Waals surface area contributed by atoms with Crippen LogP contribution in [0.1, 0.15) is 29.0 Å². The second kappa shape index (κ2) is 9.67. The number of para-hydroxylation sites is 2. The number of hydrogen-bond donors (Lipinski definition) is 3. The van der Waals surface area contributed by atoms with Crippen LogP contribution in [0.3, 0.4) is 0 Å². The zero-order chi connectivity index (χ0) is 25.1. The van der Waals surface area contributed by atoms with Gasteiger partial charge < -0.3 is 15.6 Å². The highest BCUT2D eigenvalue weighted by molar-refractivity contribution is 6.05. The molecule has 0 bridgehead atoms. The van der Waals surface area contributed by atoms with E-state index in [2.05, 4.69) is 25.6 Å². The summed E-state index contributed by atoms with van der Waals surface area (Å²) >= 11 is 0. The monoisotopic (exact) mass is 478 g/mol. The molecule has 0 fully saturated rings. The molecule has 9 nitrogen and oxygen atoms in total. The maximum absolute atomic E-state index is 12.9. The van der Waals surface area contributed by atoms with Gasteiger partial charge in [0.1, 0.15) is 11.5 Å². The summed E-state index contributed by atoms with van der Waals surface area (Å²) in [5.41, 5.74) is 4.15. The molecule has 3 N–H and O–H groups in total. The summed E-state index contributed by atoms with van der Waals surface area (Å²) in [7, 11) is 0. The minimum atomic E-state index is -0.507. The molecule has 2 heterocycles. The van der Waals surface area contributed by atoms with Crippen LogP contribution in [0.15, 0.2) is 91.1 Å². The first-order valence-corrected chi connectivity index (χ1v) is 11.3. The number of benzene rings is 3. The highest BCUT2D eigenvalue weighted by Gasteiger charge is 2.20. The van der Waals surface area contributed by atoms with Crippen molar-refractivity contribution in [1.82, 2.24) is 15.0 Å². The van der Waals surface area contributed by atoms with Crippen molar-refractivity contribution in [3.05, 3.63) is 112 Å². The Hall–Kier alpha value is -5.05. The van der Waals surface area contributed by atoms with Crippen LogP contribution in [0.2, 0.25) is 0 Å². The lowest BCUT2D eigenvalue weighted by molar-refractivity contribution is -0.384. The van der Waals surface area contributed by atoms with E-state index in [1.165, 1.54) is 12.1 Å². The number of amides is 1. The number of carbonyl (C=O) groups excluding carboxylic acids is 1. The summed E-state index contributed by atoms with van der Waals surface area (Å²) in [6.45, 7) is 1.86. The third kappa shape index (κ3) is 4.76. The summed E-state index contributed by atoms with van der Waals surface area (Å²) in [5.74, 6) is 0.226. The molecule has 0 aliphatic rings. The van der Waals surface area contributed by atoms with Gasteiger partial charge in [0.25, 0.3) is 11.6 Å². The smallest absolute Gasteiger partial charge is 0.293 e. The quantitative estimate of drug-likeness (QED) is 0.196. The third-order valence-electron chi connectivity index (χ3n) is 5.74. The van der Waals surface area contributed by atoms with Crippen molar-refractivity contribution in [2.75, 3.05) is 10.6 Å². The van der Waals surface area contributed by atoms with Crippen LogP contribution in [-0.2, 0) is 0 Å². The minimum absolute atomic E-state index is 0.173. The van der Waals surface area contributed by atoms with E-state index in [1.54, 1.807) is 30.5 Å². The van der Waals surface area contributed by atoms with Gasteiger partial charge >= 0.3 is 0 Å². The number of carbonyl (C=O) groups is 1. The molecule has 0 aliphatic heterocycles. The van der Waals surface area contributed by atoms with E-state index in [9.17, 15) is 14.9 Å². The van der Waals surface area contributed by atoms with Gasteiger partial charge in [-0.25, -0.2) is 4.98 Å². The SMILES string of the molecule is CC(Nc1ccc(C(=O)Nc2cccc(-c3nc4ccccc4[nH]3)c2)cc1[N+](=O)[O-])c1ccccn1. The lowest BCUT2D eigenvalue weighted by Crippen LogP contribution is -2.14. The molecule has 1 amide bonds. The maximum Gasteiger partial charge on any atom is 0.293 e. The summed E-state index contributed by atoms with van der Waals surface area (Å²) in [4.78, 5) is 36.3. The largest absolute Gasteiger partial charge is 0.371 e. The number of fused-ring (bicyclic) bond motifs is 1. The van der Waals surface area contributed by atoms with Crippen LogP contribution in [0.25, 0.3) is 22.4 Å². The molecule has 0 spiro atoms.